The molecule has 0 N–H and O–H groups in total. The second kappa shape index (κ2) is 19.4. The van der Waals surface area contributed by atoms with Crippen molar-refractivity contribution in [2.75, 3.05) is 0 Å². The summed E-state index contributed by atoms with van der Waals surface area (Å²) >= 11 is 0. The van der Waals surface area contributed by atoms with Crippen molar-refractivity contribution in [3.05, 3.63) is 87.0 Å². The van der Waals surface area contributed by atoms with Crippen LogP contribution < -0.4 is 4.74 Å². The summed E-state index contributed by atoms with van der Waals surface area (Å²) in [5, 5.41) is 0. The number of hydrogen-bond acceptors (Lipinski definition) is 2. The Balaban J connectivity index is -0.000000514. The molecule has 1 aliphatic heterocycles. The van der Waals surface area contributed by atoms with Crippen LogP contribution in [0.15, 0.2) is 67.0 Å². The molecule has 1 aromatic carbocycles. The minimum Gasteiger partial charge on any atom is 0 e. The van der Waals surface area contributed by atoms with Crippen LogP contribution in [0.25, 0.3) is 0 Å². The van der Waals surface area contributed by atoms with E-state index in [2.05, 4.69) is 20.0 Å². The third-order valence-electron chi connectivity index (χ3n) is 1.99. The van der Waals surface area contributed by atoms with E-state index in [1.54, 1.807) is 36.7 Å². The van der Waals surface area contributed by atoms with Gasteiger partial charge >= 0.3 is 40.0 Å². The largest absolute Gasteiger partial charge is 0 e. The minimum atomic E-state index is -0.428. The van der Waals surface area contributed by atoms with E-state index < -0.39 is 6.09 Å². The van der Waals surface area contributed by atoms with E-state index in [1.165, 1.54) is 4.90 Å². The van der Waals surface area contributed by atoms with Crippen LogP contribution in [0.1, 0.15) is 0 Å². The molecule has 0 saturated carbocycles. The first-order valence-corrected chi connectivity index (χ1v) is 5.54. The van der Waals surface area contributed by atoms with Crippen LogP contribution in [0.5, 0.6) is 5.75 Å². The summed E-state index contributed by atoms with van der Waals surface area (Å²) in [5.74, 6) is 0.534. The maximum atomic E-state index is 11.7. The maximum absolute atomic E-state index is 11.7. The zero-order valence-electron chi connectivity index (χ0n) is 11.7. The van der Waals surface area contributed by atoms with E-state index in [-0.39, 0.29) is 17.1 Å². The average Bonchev–Trinajstić information content (AvgIpc) is 2.91. The second-order valence-electron chi connectivity index (χ2n) is 3.16. The molecule has 1 aromatic rings. The molecule has 6 nitrogen and oxygen atoms in total. The average molecular weight is 353 g/mol. The first kappa shape index (κ1) is 25.4. The molecule has 0 bridgehead atoms. The molecule has 2 rings (SSSR count). The number of carbonyl (C=O) groups is 1. The molecule has 0 spiro atoms. The van der Waals surface area contributed by atoms with Crippen LogP contribution in [0.3, 0.4) is 0 Å². The van der Waals surface area contributed by atoms with E-state index in [4.69, 9.17) is 18.7 Å². The van der Waals surface area contributed by atoms with Gasteiger partial charge in [0, 0.05) is 29.5 Å². The van der Waals surface area contributed by atoms with Crippen molar-refractivity contribution >= 4 is 6.09 Å². The van der Waals surface area contributed by atoms with Crippen molar-refractivity contribution in [1.82, 2.24) is 4.90 Å². The predicted octanol–water partition coefficient (Wildman–Crippen LogP) is 2.97. The molecule has 1 amide bonds. The van der Waals surface area contributed by atoms with Gasteiger partial charge < -0.3 is 4.74 Å². The molecule has 0 unspecified atom stereocenters. The molecule has 118 valence electrons. The number of para-hydroxylation sites is 1. The van der Waals surface area contributed by atoms with E-state index in [9.17, 15) is 4.79 Å². The van der Waals surface area contributed by atoms with Gasteiger partial charge in [-0.2, -0.15) is 0 Å². The Morgan fingerprint density at radius 3 is 1.70 bits per heavy atom. The Bertz CT molecular complexity index is 543. The standard InChI is InChI=1S/C13H11NO2.3CO.Fe/c15-13(14-10-6-1-2-7-11-14)16-12-8-4-3-5-9-12;3*1-2;/h1-11H;;;;. The van der Waals surface area contributed by atoms with Crippen molar-refractivity contribution in [3.8, 4) is 5.75 Å². The molecular weight excluding hydrogens is 342 g/mol. The quantitative estimate of drug-likeness (QED) is 0.441. The maximum Gasteiger partial charge on any atom is 0 e. The SMILES string of the molecule is O=C(Oc1ccccc1)N1C=CC=CC=C1.[C-]#[O+].[C-]#[O+].[C-]#[O+].[Fe]. The molecule has 0 radical (unpaired) electrons. The fourth-order valence-electron chi connectivity index (χ4n) is 1.23. The number of allylic oxidation sites excluding steroid dienone is 4. The van der Waals surface area contributed by atoms with Crippen LogP contribution in [0.2, 0.25) is 0 Å². The number of ether oxygens (including phenoxy) is 1. The van der Waals surface area contributed by atoms with Gasteiger partial charge in [-0.1, -0.05) is 30.4 Å². The summed E-state index contributed by atoms with van der Waals surface area (Å²) in [6.07, 6.45) is 10.1. The summed E-state index contributed by atoms with van der Waals surface area (Å²) in [4.78, 5) is 13.1. The summed E-state index contributed by atoms with van der Waals surface area (Å²) in [7, 11) is 0. The van der Waals surface area contributed by atoms with Gasteiger partial charge in [0.1, 0.15) is 5.75 Å². The molecule has 0 aromatic heterocycles. The molecule has 0 atom stereocenters. The molecule has 23 heavy (non-hydrogen) atoms. The number of hydrogen-bond donors (Lipinski definition) is 0. The molecule has 1 heterocycles. The van der Waals surface area contributed by atoms with Gasteiger partial charge in [0.15, 0.2) is 0 Å². The fourth-order valence-corrected chi connectivity index (χ4v) is 1.23. The van der Waals surface area contributed by atoms with Gasteiger partial charge in [-0.3, -0.25) is 4.90 Å². The number of benzene rings is 1. The smallest absolute Gasteiger partial charge is 0 e. The number of carbonyl (C=O) groups excluding carboxylic acids is 1. The molecule has 1 aliphatic rings. The van der Waals surface area contributed by atoms with Gasteiger partial charge in [0.05, 0.1) is 0 Å². The Labute approximate surface area is 144 Å². The molecule has 0 aliphatic carbocycles. The van der Waals surface area contributed by atoms with Crippen molar-refractivity contribution in [2.24, 2.45) is 0 Å². The summed E-state index contributed by atoms with van der Waals surface area (Å²) < 4.78 is 27.7. The Kier molecular flexibility index (Phi) is 21.5. The van der Waals surface area contributed by atoms with Gasteiger partial charge in [-0.15, -0.1) is 0 Å². The minimum absolute atomic E-state index is 0. The van der Waals surface area contributed by atoms with Gasteiger partial charge in [-0.25, -0.2) is 4.79 Å². The van der Waals surface area contributed by atoms with Crippen LogP contribution in [-0.4, -0.2) is 11.0 Å². The van der Waals surface area contributed by atoms with Crippen LogP contribution in [-0.2, 0) is 31.0 Å². The molecule has 0 fully saturated rings. The zero-order chi connectivity index (χ0) is 17.2. The number of nitrogens with zero attached hydrogens (tertiary/aromatic N) is 1. The van der Waals surface area contributed by atoms with Gasteiger partial charge in [0.25, 0.3) is 0 Å². The monoisotopic (exact) mass is 353 g/mol. The fraction of sp³-hybridized carbons (Fsp3) is 0. The molecule has 7 heteroatoms. The summed E-state index contributed by atoms with van der Waals surface area (Å²) in [6.45, 7) is 13.5. The zero-order valence-corrected chi connectivity index (χ0v) is 12.8. The second-order valence-corrected chi connectivity index (χ2v) is 3.16. The first-order valence-electron chi connectivity index (χ1n) is 5.54. The van der Waals surface area contributed by atoms with Gasteiger partial charge in [0.2, 0.25) is 0 Å². The topological polar surface area (TPSA) is 89.2 Å². The van der Waals surface area contributed by atoms with Gasteiger partial charge in [-0.05, 0) is 24.3 Å². The van der Waals surface area contributed by atoms with Crippen LogP contribution in [0, 0.1) is 20.0 Å². The number of amides is 1. The number of rotatable bonds is 1. The third-order valence-corrected chi connectivity index (χ3v) is 1.99. The van der Waals surface area contributed by atoms with E-state index >= 15 is 0 Å². The normalized spacial score (nSPS) is 9.74. The predicted molar refractivity (Wildman–Crippen MR) is 73.5 cm³/mol. The Morgan fingerprint density at radius 1 is 0.826 bits per heavy atom. The van der Waals surface area contributed by atoms with Crippen LogP contribution >= 0.6 is 0 Å². The van der Waals surface area contributed by atoms with Crippen molar-refractivity contribution in [1.29, 1.82) is 0 Å². The first-order chi connectivity index (χ1) is 10.9. The Hall–Kier alpha value is -2.55. The van der Waals surface area contributed by atoms with Crippen LogP contribution in [0.4, 0.5) is 4.79 Å². The van der Waals surface area contributed by atoms with E-state index in [1.807, 2.05) is 30.4 Å². The Morgan fingerprint density at radius 2 is 1.26 bits per heavy atom. The van der Waals surface area contributed by atoms with Crippen molar-refractivity contribution < 1.29 is 40.6 Å². The molecular formula is C16H11FeNO5. The summed E-state index contributed by atoms with van der Waals surface area (Å²) in [5.41, 5.74) is 0. The molecule has 0 saturated heterocycles. The third kappa shape index (κ3) is 11.8. The van der Waals surface area contributed by atoms with E-state index in [0.29, 0.717) is 5.75 Å². The summed E-state index contributed by atoms with van der Waals surface area (Å²) in [6, 6.07) is 8.98. The van der Waals surface area contributed by atoms with Crippen molar-refractivity contribution in [3.63, 3.8) is 0 Å². The van der Waals surface area contributed by atoms with E-state index in [0.717, 1.165) is 0 Å². The van der Waals surface area contributed by atoms with Crippen molar-refractivity contribution in [2.45, 2.75) is 0 Å².